The molecule has 2 aromatic rings. The Labute approximate surface area is 121 Å². The molecule has 2 aromatic carbocycles. The summed E-state index contributed by atoms with van der Waals surface area (Å²) >= 11 is 5.91. The molecule has 4 nitrogen and oxygen atoms in total. The van der Waals surface area contributed by atoms with E-state index in [0.29, 0.717) is 28.4 Å². The molecule has 3 N–H and O–H groups in total. The van der Waals surface area contributed by atoms with Gasteiger partial charge in [0.25, 0.3) is 0 Å². The monoisotopic (exact) mass is 285 g/mol. The maximum Gasteiger partial charge on any atom is 0.248 e. The largest absolute Gasteiger partial charge is 0.380 e. The second kappa shape index (κ2) is 6.09. The number of rotatable bonds is 4. The van der Waals surface area contributed by atoms with Gasteiger partial charge in [-0.25, -0.2) is 0 Å². The van der Waals surface area contributed by atoms with E-state index >= 15 is 0 Å². The molecule has 5 heteroatoms. The van der Waals surface area contributed by atoms with Gasteiger partial charge in [0.15, 0.2) is 0 Å². The maximum atomic E-state index is 11.0. The molecule has 100 valence electrons. The summed E-state index contributed by atoms with van der Waals surface area (Å²) in [6, 6.07) is 14.1. The van der Waals surface area contributed by atoms with Crippen molar-refractivity contribution in [3.05, 3.63) is 64.2 Å². The van der Waals surface area contributed by atoms with E-state index in [1.165, 1.54) is 0 Å². The van der Waals surface area contributed by atoms with Crippen LogP contribution in [0.4, 0.5) is 5.69 Å². The molecule has 0 saturated carbocycles. The number of nitriles is 1. The fraction of sp³-hybridized carbons (Fsp3) is 0.0667. The van der Waals surface area contributed by atoms with Crippen LogP contribution in [0.3, 0.4) is 0 Å². The number of carbonyl (C=O) groups excluding carboxylic acids is 1. The van der Waals surface area contributed by atoms with Gasteiger partial charge >= 0.3 is 0 Å². The SMILES string of the molecule is N#Cc1ccc(Cl)cc1NCc1ccc(C(N)=O)cc1. The lowest BCUT2D eigenvalue weighted by molar-refractivity contribution is 0.100. The van der Waals surface area contributed by atoms with E-state index in [2.05, 4.69) is 11.4 Å². The molecule has 0 aliphatic heterocycles. The lowest BCUT2D eigenvalue weighted by Gasteiger charge is -2.09. The van der Waals surface area contributed by atoms with Crippen LogP contribution >= 0.6 is 11.6 Å². The summed E-state index contributed by atoms with van der Waals surface area (Å²) in [5.41, 5.74) is 7.83. The van der Waals surface area contributed by atoms with Gasteiger partial charge in [-0.3, -0.25) is 4.79 Å². The average Bonchev–Trinajstić information content (AvgIpc) is 2.45. The van der Waals surface area contributed by atoms with Crippen molar-refractivity contribution in [3.63, 3.8) is 0 Å². The molecule has 0 aliphatic carbocycles. The standard InChI is InChI=1S/C15H12ClN3O/c16-13-6-5-12(8-17)14(7-13)19-9-10-1-3-11(4-2-10)15(18)20/h1-7,19H,9H2,(H2,18,20). The van der Waals surface area contributed by atoms with Gasteiger partial charge in [-0.1, -0.05) is 23.7 Å². The normalized spacial score (nSPS) is 9.80. The maximum absolute atomic E-state index is 11.0. The number of nitrogens with one attached hydrogen (secondary N) is 1. The van der Waals surface area contributed by atoms with Crippen LogP contribution in [0.2, 0.25) is 5.02 Å². The predicted octanol–water partition coefficient (Wildman–Crippen LogP) is 2.92. The number of halogens is 1. The number of carbonyl (C=O) groups is 1. The van der Waals surface area contributed by atoms with E-state index in [1.54, 1.807) is 30.3 Å². The molecule has 0 aromatic heterocycles. The minimum Gasteiger partial charge on any atom is -0.380 e. The Morgan fingerprint density at radius 3 is 2.55 bits per heavy atom. The van der Waals surface area contributed by atoms with Gasteiger partial charge in [0.05, 0.1) is 11.3 Å². The highest BCUT2D eigenvalue weighted by molar-refractivity contribution is 6.30. The summed E-state index contributed by atoms with van der Waals surface area (Å²) in [5, 5.41) is 12.7. The van der Waals surface area contributed by atoms with E-state index in [0.717, 1.165) is 5.56 Å². The number of nitrogens with zero attached hydrogens (tertiary/aromatic N) is 1. The summed E-state index contributed by atoms with van der Waals surface area (Å²) in [5.74, 6) is -0.453. The first-order chi connectivity index (χ1) is 9.60. The fourth-order valence-electron chi connectivity index (χ4n) is 1.74. The number of primary amides is 1. The van der Waals surface area contributed by atoms with Crippen LogP contribution < -0.4 is 11.1 Å². The quantitative estimate of drug-likeness (QED) is 0.906. The number of nitrogens with two attached hydrogens (primary N) is 1. The number of anilines is 1. The molecular formula is C15H12ClN3O. The third-order valence-electron chi connectivity index (χ3n) is 2.82. The van der Waals surface area contributed by atoms with Gasteiger partial charge in [0.1, 0.15) is 6.07 Å². The first-order valence-corrected chi connectivity index (χ1v) is 6.30. The van der Waals surface area contributed by atoms with Gasteiger partial charge in [-0.2, -0.15) is 5.26 Å². The second-order valence-corrected chi connectivity index (χ2v) is 4.65. The van der Waals surface area contributed by atoms with E-state index in [-0.39, 0.29) is 0 Å². The smallest absolute Gasteiger partial charge is 0.248 e. The topological polar surface area (TPSA) is 78.9 Å². The van der Waals surface area contributed by atoms with Crippen molar-refractivity contribution < 1.29 is 4.79 Å². The lowest BCUT2D eigenvalue weighted by atomic mass is 10.1. The molecule has 0 spiro atoms. The summed E-state index contributed by atoms with van der Waals surface area (Å²) in [7, 11) is 0. The summed E-state index contributed by atoms with van der Waals surface area (Å²) < 4.78 is 0. The van der Waals surface area contributed by atoms with Crippen LogP contribution in [0.1, 0.15) is 21.5 Å². The van der Waals surface area contributed by atoms with Crippen molar-refractivity contribution >= 4 is 23.2 Å². The molecule has 0 saturated heterocycles. The fourth-order valence-corrected chi connectivity index (χ4v) is 1.92. The van der Waals surface area contributed by atoms with Gasteiger partial charge in [0.2, 0.25) is 5.91 Å². The Morgan fingerprint density at radius 2 is 1.95 bits per heavy atom. The minimum absolute atomic E-state index is 0.453. The minimum atomic E-state index is -0.453. The third kappa shape index (κ3) is 3.28. The highest BCUT2D eigenvalue weighted by Crippen LogP contribution is 2.21. The Bertz CT molecular complexity index is 675. The molecule has 0 aliphatic rings. The zero-order chi connectivity index (χ0) is 14.5. The molecule has 1 amide bonds. The van der Waals surface area contributed by atoms with Crippen LogP contribution in [-0.4, -0.2) is 5.91 Å². The zero-order valence-electron chi connectivity index (χ0n) is 10.6. The predicted molar refractivity (Wildman–Crippen MR) is 78.5 cm³/mol. The summed E-state index contributed by atoms with van der Waals surface area (Å²) in [6.07, 6.45) is 0. The molecule has 2 rings (SSSR count). The number of amides is 1. The Kier molecular flexibility index (Phi) is 4.24. The number of hydrogen-bond acceptors (Lipinski definition) is 3. The van der Waals surface area contributed by atoms with E-state index in [4.69, 9.17) is 22.6 Å². The van der Waals surface area contributed by atoms with Gasteiger partial charge in [0, 0.05) is 17.1 Å². The summed E-state index contributed by atoms with van der Waals surface area (Å²) in [4.78, 5) is 11.0. The Balaban J connectivity index is 2.11. The van der Waals surface area contributed by atoms with Crippen LogP contribution in [0.25, 0.3) is 0 Å². The van der Waals surface area contributed by atoms with Crippen molar-refractivity contribution in [2.24, 2.45) is 5.73 Å². The average molecular weight is 286 g/mol. The molecule has 0 unspecified atom stereocenters. The van der Waals surface area contributed by atoms with Gasteiger partial charge in [-0.05, 0) is 35.9 Å². The van der Waals surface area contributed by atoms with Gasteiger partial charge in [-0.15, -0.1) is 0 Å². The highest BCUT2D eigenvalue weighted by atomic mass is 35.5. The van der Waals surface area contributed by atoms with Crippen molar-refractivity contribution in [3.8, 4) is 6.07 Å². The Morgan fingerprint density at radius 1 is 1.25 bits per heavy atom. The zero-order valence-corrected chi connectivity index (χ0v) is 11.3. The first-order valence-electron chi connectivity index (χ1n) is 5.92. The summed E-state index contributed by atoms with van der Waals surface area (Å²) in [6.45, 7) is 0.522. The van der Waals surface area contributed by atoms with Crippen molar-refractivity contribution in [2.45, 2.75) is 6.54 Å². The molecule has 0 atom stereocenters. The van der Waals surface area contributed by atoms with Crippen LogP contribution in [-0.2, 0) is 6.54 Å². The third-order valence-corrected chi connectivity index (χ3v) is 3.06. The number of benzene rings is 2. The molecule has 0 heterocycles. The molecule has 0 radical (unpaired) electrons. The lowest BCUT2D eigenvalue weighted by Crippen LogP contribution is -2.10. The van der Waals surface area contributed by atoms with E-state index in [1.807, 2.05) is 12.1 Å². The first kappa shape index (κ1) is 13.9. The Hall–Kier alpha value is -2.51. The van der Waals surface area contributed by atoms with Crippen LogP contribution in [0.15, 0.2) is 42.5 Å². The van der Waals surface area contributed by atoms with Crippen molar-refractivity contribution in [1.82, 2.24) is 0 Å². The second-order valence-electron chi connectivity index (χ2n) is 4.22. The molecule has 0 bridgehead atoms. The van der Waals surface area contributed by atoms with E-state index in [9.17, 15) is 4.79 Å². The molecule has 20 heavy (non-hydrogen) atoms. The number of hydrogen-bond donors (Lipinski definition) is 2. The van der Waals surface area contributed by atoms with Crippen LogP contribution in [0, 0.1) is 11.3 Å². The van der Waals surface area contributed by atoms with Crippen LogP contribution in [0.5, 0.6) is 0 Å². The molecular weight excluding hydrogens is 274 g/mol. The van der Waals surface area contributed by atoms with Crippen molar-refractivity contribution in [2.75, 3.05) is 5.32 Å². The van der Waals surface area contributed by atoms with Crippen molar-refractivity contribution in [1.29, 1.82) is 5.26 Å². The molecule has 0 fully saturated rings. The van der Waals surface area contributed by atoms with Gasteiger partial charge < -0.3 is 11.1 Å². The van der Waals surface area contributed by atoms with E-state index < -0.39 is 5.91 Å². The highest BCUT2D eigenvalue weighted by Gasteiger charge is 2.04.